The second kappa shape index (κ2) is 9.63. The first-order valence-electron chi connectivity index (χ1n) is 12.7. The number of carbonyl (C=O) groups excluding carboxylic acids is 1. The number of hydrogen-bond donors (Lipinski definition) is 0. The van der Waals surface area contributed by atoms with Crippen LogP contribution in [-0.4, -0.2) is 44.1 Å². The number of amides is 1. The average molecular weight is 455 g/mol. The lowest BCUT2D eigenvalue weighted by Gasteiger charge is -2.44. The predicted molar refractivity (Wildman–Crippen MR) is 134 cm³/mol. The van der Waals surface area contributed by atoms with E-state index in [0.29, 0.717) is 0 Å². The van der Waals surface area contributed by atoms with E-state index in [-0.39, 0.29) is 30.3 Å². The van der Waals surface area contributed by atoms with Crippen LogP contribution in [0.15, 0.2) is 72.8 Å². The second-order valence-corrected chi connectivity index (χ2v) is 14.4. The molecule has 0 bridgehead atoms. The maximum atomic E-state index is 13.1. The van der Waals surface area contributed by atoms with Crippen molar-refractivity contribution in [1.29, 1.82) is 0 Å². The van der Waals surface area contributed by atoms with Crippen molar-refractivity contribution in [1.82, 2.24) is 4.90 Å². The van der Waals surface area contributed by atoms with Gasteiger partial charge in [0.05, 0.1) is 15.4 Å². The number of rotatable bonds is 5. The van der Waals surface area contributed by atoms with Gasteiger partial charge in [0.25, 0.3) is 8.32 Å². The zero-order chi connectivity index (χ0) is 26.0. The summed E-state index contributed by atoms with van der Waals surface area (Å²) in [5.41, 5.74) is -0.717. The third kappa shape index (κ3) is 5.33. The van der Waals surface area contributed by atoms with E-state index in [4.69, 9.17) is 13.3 Å². The quantitative estimate of drug-likeness (QED) is 0.464. The van der Waals surface area contributed by atoms with Crippen molar-refractivity contribution in [3.05, 3.63) is 72.8 Å². The van der Waals surface area contributed by atoms with Gasteiger partial charge in [0.1, 0.15) is 5.60 Å². The summed E-state index contributed by atoms with van der Waals surface area (Å²) >= 11 is 0. The third-order valence-electron chi connectivity index (χ3n) is 5.54. The minimum absolute atomic E-state index is 0.0439. The normalized spacial score (nSPS) is 21.6. The first-order chi connectivity index (χ1) is 16.3. The van der Waals surface area contributed by atoms with Crippen molar-refractivity contribution in [2.24, 2.45) is 0 Å². The lowest BCUT2D eigenvalue weighted by atomic mass is 10.1. The molecule has 1 aliphatic heterocycles. The van der Waals surface area contributed by atoms with E-state index < -0.39 is 32.5 Å². The Morgan fingerprint density at radius 3 is 2.00 bits per heavy atom. The molecule has 0 saturated carbocycles. The molecule has 0 fully saturated rings. The highest BCUT2D eigenvalue weighted by molar-refractivity contribution is 6.99. The third-order valence-corrected chi connectivity index (χ3v) is 10.5. The molecule has 0 aromatic heterocycles. The molecular formula is C27H37NO3Si. The van der Waals surface area contributed by atoms with Crippen molar-refractivity contribution in [2.45, 2.75) is 64.6 Å². The van der Waals surface area contributed by atoms with Gasteiger partial charge in [-0.3, -0.25) is 4.90 Å². The van der Waals surface area contributed by atoms with E-state index in [1.165, 1.54) is 4.90 Å². The van der Waals surface area contributed by atoms with Crippen LogP contribution in [0.1, 0.15) is 52.1 Å². The van der Waals surface area contributed by atoms with Crippen LogP contribution >= 0.6 is 0 Å². The van der Waals surface area contributed by atoms with Gasteiger partial charge in [-0.2, -0.15) is 0 Å². The Bertz CT molecular complexity index is 1010. The first-order valence-corrected chi connectivity index (χ1v) is 13.0. The molecule has 1 aliphatic rings. The molecule has 5 heteroatoms. The molecule has 1 amide bonds. The summed E-state index contributed by atoms with van der Waals surface area (Å²) < 4.78 is 37.7. The van der Waals surface area contributed by atoms with Gasteiger partial charge in [-0.15, -0.1) is 0 Å². The van der Waals surface area contributed by atoms with E-state index in [1.807, 2.05) is 36.4 Å². The Morgan fingerprint density at radius 2 is 1.53 bits per heavy atom. The molecule has 0 aliphatic carbocycles. The number of hydrogen-bond acceptors (Lipinski definition) is 3. The summed E-state index contributed by atoms with van der Waals surface area (Å²) in [6, 6.07) is 19.5. The van der Waals surface area contributed by atoms with Gasteiger partial charge in [0, 0.05) is 7.92 Å². The van der Waals surface area contributed by atoms with Gasteiger partial charge in [-0.1, -0.05) is 93.5 Å². The van der Waals surface area contributed by atoms with E-state index in [1.54, 1.807) is 20.8 Å². The molecule has 2 atom stereocenters. The Morgan fingerprint density at radius 1 is 1.00 bits per heavy atom. The largest absolute Gasteiger partial charge is 0.444 e. The summed E-state index contributed by atoms with van der Waals surface area (Å²) in [6.07, 6.45) is -1.69. The van der Waals surface area contributed by atoms with Crippen LogP contribution in [0.4, 0.5) is 4.79 Å². The van der Waals surface area contributed by atoms with E-state index in [2.05, 4.69) is 45.0 Å². The molecule has 0 saturated heterocycles. The fraction of sp³-hybridized carbons (Fsp3) is 0.444. The number of benzene rings is 2. The van der Waals surface area contributed by atoms with E-state index in [0.717, 1.165) is 10.4 Å². The zero-order valence-electron chi connectivity index (χ0n) is 23.0. The molecular weight excluding hydrogens is 414 g/mol. The monoisotopic (exact) mass is 454 g/mol. The van der Waals surface area contributed by atoms with Crippen molar-refractivity contribution in [3.8, 4) is 0 Å². The molecule has 2 aromatic rings. The lowest BCUT2D eigenvalue weighted by Crippen LogP contribution is -2.67. The van der Waals surface area contributed by atoms with Crippen molar-refractivity contribution in [2.75, 3.05) is 13.2 Å². The van der Waals surface area contributed by atoms with Crippen LogP contribution in [0.2, 0.25) is 5.04 Å². The van der Waals surface area contributed by atoms with Gasteiger partial charge in [0.15, 0.2) is 0 Å². The maximum Gasteiger partial charge on any atom is 0.410 e. The molecule has 4 nitrogen and oxygen atoms in total. The minimum atomic E-state index is -2.90. The Labute approximate surface area is 198 Å². The Balaban J connectivity index is 2.07. The van der Waals surface area contributed by atoms with Crippen molar-refractivity contribution in [3.63, 3.8) is 0 Å². The number of ether oxygens (including phenoxy) is 1. The van der Waals surface area contributed by atoms with Crippen molar-refractivity contribution >= 4 is 24.8 Å². The number of nitrogens with zero attached hydrogens (tertiary/aromatic N) is 1. The lowest BCUT2D eigenvalue weighted by molar-refractivity contribution is 0.0124. The zero-order valence-corrected chi connectivity index (χ0v) is 21.0. The topological polar surface area (TPSA) is 38.8 Å². The fourth-order valence-electron chi connectivity index (χ4n) is 4.12. The standard InChI is InChI=1S/C27H37NO3Si/c1-26(2,3)31-25(29)28-20-14-13-15-22(28)21-30-32(27(4,5)6,23-16-9-7-10-17-23)24-18-11-8-12-19-24/h7-14,16-19,22H,15,20-21H2,1-6H3/t22-/m0/s1/i13D,14D,15D/t15?,22-. The van der Waals surface area contributed by atoms with Crippen LogP contribution in [-0.2, 0) is 9.16 Å². The summed E-state index contributed by atoms with van der Waals surface area (Å²) in [6.45, 7) is 11.9. The van der Waals surface area contributed by atoms with Gasteiger partial charge >= 0.3 is 6.09 Å². The summed E-state index contributed by atoms with van der Waals surface area (Å²) in [5, 5.41) is 1.93. The fourth-order valence-corrected chi connectivity index (χ4v) is 8.70. The summed E-state index contributed by atoms with van der Waals surface area (Å²) in [5.74, 6) is 0. The van der Waals surface area contributed by atoms with Crippen LogP contribution in [0.5, 0.6) is 0 Å². The molecule has 1 unspecified atom stereocenters. The summed E-state index contributed by atoms with van der Waals surface area (Å²) in [4.78, 5) is 14.5. The predicted octanol–water partition coefficient (Wildman–Crippen LogP) is 5.13. The Hall–Kier alpha value is -2.37. The van der Waals surface area contributed by atoms with Crippen LogP contribution < -0.4 is 10.4 Å². The molecule has 2 aromatic carbocycles. The molecule has 0 radical (unpaired) electrons. The minimum Gasteiger partial charge on any atom is -0.444 e. The van der Waals surface area contributed by atoms with Gasteiger partial charge < -0.3 is 9.16 Å². The average Bonchev–Trinajstić information content (AvgIpc) is 2.78. The van der Waals surface area contributed by atoms with E-state index in [9.17, 15) is 4.79 Å². The second-order valence-electron chi connectivity index (χ2n) is 10.1. The number of carbonyl (C=O) groups is 1. The van der Waals surface area contributed by atoms with Gasteiger partial charge in [-0.05, 0) is 42.6 Å². The molecule has 1 heterocycles. The Kier molecular flexibility index (Phi) is 6.10. The first kappa shape index (κ1) is 20.2. The maximum absolute atomic E-state index is 13.1. The molecule has 32 heavy (non-hydrogen) atoms. The van der Waals surface area contributed by atoms with Gasteiger partial charge in [0.2, 0.25) is 0 Å². The molecule has 172 valence electrons. The molecule has 0 N–H and O–H groups in total. The van der Waals surface area contributed by atoms with Crippen LogP contribution in [0.25, 0.3) is 0 Å². The highest BCUT2D eigenvalue weighted by Crippen LogP contribution is 2.37. The van der Waals surface area contributed by atoms with Crippen LogP contribution in [0.3, 0.4) is 0 Å². The molecule has 0 spiro atoms. The smallest absolute Gasteiger partial charge is 0.410 e. The summed E-state index contributed by atoms with van der Waals surface area (Å²) in [7, 11) is -2.90. The highest BCUT2D eigenvalue weighted by atomic mass is 28.4. The van der Waals surface area contributed by atoms with Gasteiger partial charge in [-0.25, -0.2) is 4.79 Å². The molecule has 3 rings (SSSR count). The van der Waals surface area contributed by atoms with Crippen molar-refractivity contribution < 1.29 is 18.1 Å². The highest BCUT2D eigenvalue weighted by Gasteiger charge is 2.50. The SMILES string of the molecule is [2H]C1=C([2H])C([2H])[C@@H](CO[Si](c2ccccc2)(c2ccccc2)C(C)(C)C)N(C(=O)OC(C)(C)C)C1. The van der Waals surface area contributed by atoms with E-state index >= 15 is 0 Å². The van der Waals surface area contributed by atoms with Crippen LogP contribution in [0, 0.1) is 0 Å².